The van der Waals surface area contributed by atoms with E-state index >= 15 is 0 Å². The third-order valence-electron chi connectivity index (χ3n) is 16.3. The topological polar surface area (TPSA) is 382 Å². The van der Waals surface area contributed by atoms with Gasteiger partial charge >= 0.3 is 12.4 Å². The molecule has 0 saturated heterocycles. The molecular formula is C70H94Cl2F12N24O4. The summed E-state index contributed by atoms with van der Waals surface area (Å²) in [6, 6.07) is 6.47. The predicted molar refractivity (Wildman–Crippen MR) is 419 cm³/mol. The first-order chi connectivity index (χ1) is 52.8. The number of amides is 4. The molecule has 12 rings (SSSR count). The van der Waals surface area contributed by atoms with E-state index in [9.17, 15) is 71.9 Å². The maximum atomic E-state index is 14.3. The lowest BCUT2D eigenvalue weighted by atomic mass is 9.97. The summed E-state index contributed by atoms with van der Waals surface area (Å²) in [5.41, 5.74) is 0.229. The van der Waals surface area contributed by atoms with Crippen molar-refractivity contribution in [3.8, 4) is 45.6 Å². The van der Waals surface area contributed by atoms with E-state index in [1.807, 2.05) is 12.2 Å². The summed E-state index contributed by atoms with van der Waals surface area (Å²) < 4.78 is 156. The molecule has 4 amide bonds. The molecule has 12 aromatic heterocycles. The lowest BCUT2D eigenvalue weighted by molar-refractivity contribution is -0.140. The largest absolute Gasteiger partial charge is 0.405 e. The van der Waals surface area contributed by atoms with Gasteiger partial charge in [-0.05, 0) is 84.2 Å². The number of pyridine rings is 4. The number of nitrogens with one attached hydrogen (secondary N) is 12. The van der Waals surface area contributed by atoms with Crippen LogP contribution in [0.15, 0.2) is 105 Å². The van der Waals surface area contributed by atoms with Crippen LogP contribution < -0.4 is 42.5 Å². The fourth-order valence-corrected chi connectivity index (χ4v) is 10.7. The zero-order valence-corrected chi connectivity index (χ0v) is 62.0. The van der Waals surface area contributed by atoms with Crippen molar-refractivity contribution in [3.05, 3.63) is 144 Å². The molecule has 42 heteroatoms. The lowest BCUT2D eigenvalue weighted by Gasteiger charge is -2.29. The molecule has 0 bridgehead atoms. The number of alkyl halides is 7. The molecule has 0 aliphatic rings. The van der Waals surface area contributed by atoms with E-state index in [0.29, 0.717) is 77.6 Å². The third-order valence-corrected chi connectivity index (χ3v) is 16.7. The Balaban J connectivity index is -0.000000751. The number of halogens is 14. The molecule has 2 atom stereocenters. The zero-order chi connectivity index (χ0) is 81.8. The number of likely N-dealkylation sites (N-methyl/N-ethyl adjacent to an activating group) is 1. The van der Waals surface area contributed by atoms with E-state index in [-0.39, 0.29) is 88.5 Å². The zero-order valence-electron chi connectivity index (χ0n) is 60.5. The fourth-order valence-electron chi connectivity index (χ4n) is 10.4. The van der Waals surface area contributed by atoms with Crippen LogP contribution in [0, 0.1) is 35.0 Å². The summed E-state index contributed by atoms with van der Waals surface area (Å²) >= 11 is 12.0. The first kappa shape index (κ1) is 83.9. The van der Waals surface area contributed by atoms with E-state index < -0.39 is 102 Å². The van der Waals surface area contributed by atoms with Gasteiger partial charge in [0.05, 0.1) is 41.0 Å². The van der Waals surface area contributed by atoms with Crippen LogP contribution in [0.1, 0.15) is 85.9 Å². The van der Waals surface area contributed by atoms with Gasteiger partial charge in [0.15, 0.2) is 58.2 Å². The third kappa shape index (κ3) is 21.3. The van der Waals surface area contributed by atoms with Gasteiger partial charge in [-0.25, -0.2) is 86.2 Å². The van der Waals surface area contributed by atoms with Gasteiger partial charge in [0.25, 0.3) is 0 Å². The Hall–Kier alpha value is -12.1. The Labute approximate surface area is 655 Å². The van der Waals surface area contributed by atoms with Crippen LogP contribution in [-0.2, 0) is 19.2 Å². The molecule has 28 nitrogen and oxygen atoms in total. The van der Waals surface area contributed by atoms with Gasteiger partial charge in [0.1, 0.15) is 82.5 Å². The number of hydrogen-bond acceptors (Lipinski definition) is 20. The number of carbonyl (C=O) groups is 4. The summed E-state index contributed by atoms with van der Waals surface area (Å²) in [7, 11) is 0. The lowest BCUT2D eigenvalue weighted by Crippen LogP contribution is -2.52. The SMILES string of the molecule is CC(C)(Nc1nc(-c2c[nH]c3ncc(Cl)cc23)ncc1F)C(=O)NCCF.CC(C)C(Nc1ccnc(-c2c[nH]c3ncc(F)cc23)n1)C(=O)NCC(F)(F)F.CCC(C)(Nc1nc(-c2c[nH]c3ncc(F)cc23)ncc1F)C(=O)NCC(F)(F)F.CCNC(=O)C(C)(C)Nc1nc(-c2c[nH]c3ncc(Cl)cc23)ncc1F.[HH].[HH].[HH].[HH].[HH].[HH].[HH].[HH].[HH].[HH].[HH].[HH]. The molecule has 0 fully saturated rings. The van der Waals surface area contributed by atoms with Crippen LogP contribution >= 0.6 is 23.2 Å². The number of aromatic nitrogens is 16. The monoisotopic (exact) mass is 1630 g/mol. The maximum Gasteiger partial charge on any atom is 0.405 e. The van der Waals surface area contributed by atoms with Gasteiger partial charge in [-0.15, -0.1) is 0 Å². The van der Waals surface area contributed by atoms with Crippen molar-refractivity contribution in [3.63, 3.8) is 0 Å². The highest BCUT2D eigenvalue weighted by molar-refractivity contribution is 6.31. The minimum absolute atomic E-state index is 0. The average molecular weight is 1630 g/mol. The normalized spacial score (nSPS) is 12.5. The Kier molecular flexibility index (Phi) is 26.4. The number of anilines is 4. The standard InChI is InChI=1S/C18H17F5N6O.C18H18F4N6O.C17H17ClF2N6O.C17H18ClFN6O.12H2/c1-3-17(2,16(30)27-8-18(21,22)23)29-15-12(20)7-26-14(28-15)11-6-25-13-10(11)4-9(19)5-24-13;1-9(2)14(17(29)26-8-18(20,21)22)27-13-3-4-23-16(28-13)12-7-25-15-11(12)5-10(19)6-24-15;1-17(2,16(27)21-4-3-19)26-15-12(20)8-24-14(25-15)11-7-23-13-10(11)5-9(18)6-22-13;1-4-20-16(26)17(2,3)25-15-12(19)8-23-14(24-15)11-7-22-13-10(11)5-9(18)6-21-13;;;;;;;;;;;;/h4-7H,3,8H2,1-2H3,(H,24,25)(H,27,30)(H,26,28,29);3-7,9,14H,8H2,1-2H3,(H,24,25)(H,26,29)(H,23,27,28);5-8H,3-4H2,1-2H3,(H,21,27)(H,22,23)(H,24,25,26);5-8H,4H2,1-3H3,(H,20,26)(H,21,22)(H,23,24,25);12*1H. The van der Waals surface area contributed by atoms with Crippen molar-refractivity contribution in [1.82, 2.24) is 101 Å². The van der Waals surface area contributed by atoms with Crippen LogP contribution in [0.25, 0.3) is 89.7 Å². The second-order valence-corrected chi connectivity index (χ2v) is 26.9. The van der Waals surface area contributed by atoms with Gasteiger partial charge in [-0.2, -0.15) is 26.3 Å². The number of H-pyrrole nitrogens is 4. The molecule has 112 heavy (non-hydrogen) atoms. The molecular weight excluding hydrogens is 1540 g/mol. The summed E-state index contributed by atoms with van der Waals surface area (Å²) in [6.07, 6.45) is 6.79. The van der Waals surface area contributed by atoms with Gasteiger partial charge in [-0.1, -0.05) is 44.0 Å². The molecule has 0 radical (unpaired) electrons. The minimum atomic E-state index is -4.59. The number of carbonyl (C=O) groups excluding carboxylic acids is 4. The first-order valence-corrected chi connectivity index (χ1v) is 34.4. The van der Waals surface area contributed by atoms with Gasteiger partial charge in [0, 0.05) is 117 Å². The van der Waals surface area contributed by atoms with Crippen LogP contribution in [0.4, 0.5) is 76.0 Å². The van der Waals surface area contributed by atoms with E-state index in [0.717, 1.165) is 36.4 Å². The number of aromatic amines is 4. The number of rotatable bonds is 23. The summed E-state index contributed by atoms with van der Waals surface area (Å²) in [6.45, 7) is 11.2. The average Bonchev–Trinajstić information content (AvgIpc) is 1.78. The van der Waals surface area contributed by atoms with Crippen LogP contribution in [0.2, 0.25) is 10.0 Å². The second kappa shape index (κ2) is 35.3. The Bertz CT molecular complexity index is 5430. The maximum absolute atomic E-state index is 14.3. The van der Waals surface area contributed by atoms with Gasteiger partial charge in [0.2, 0.25) is 23.6 Å². The summed E-state index contributed by atoms with van der Waals surface area (Å²) in [4.78, 5) is 110. The van der Waals surface area contributed by atoms with Gasteiger partial charge < -0.3 is 62.5 Å². The predicted octanol–water partition coefficient (Wildman–Crippen LogP) is 16.0. The Morgan fingerprint density at radius 2 is 0.866 bits per heavy atom. The molecule has 616 valence electrons. The fraction of sp³-hybridized carbons (Fsp3) is 0.314. The molecule has 12 N–H and O–H groups in total. The molecule has 12 heterocycles. The minimum Gasteiger partial charge on any atom is -0.358 e. The highest BCUT2D eigenvalue weighted by atomic mass is 35.5. The smallest absolute Gasteiger partial charge is 0.358 e. The van der Waals surface area contributed by atoms with Crippen LogP contribution in [0.5, 0.6) is 0 Å². The number of fused-ring (bicyclic) bond motifs is 4. The Morgan fingerprint density at radius 1 is 0.482 bits per heavy atom. The molecule has 0 saturated carbocycles. The van der Waals surface area contributed by atoms with E-state index in [4.69, 9.17) is 23.2 Å². The van der Waals surface area contributed by atoms with Gasteiger partial charge in [-0.3, -0.25) is 19.2 Å². The second-order valence-electron chi connectivity index (χ2n) is 26.1. The Morgan fingerprint density at radius 3 is 1.26 bits per heavy atom. The van der Waals surface area contributed by atoms with Crippen LogP contribution in [0.3, 0.4) is 0 Å². The van der Waals surface area contributed by atoms with Crippen molar-refractivity contribution >= 4 is 114 Å². The summed E-state index contributed by atoms with van der Waals surface area (Å²) in [5.74, 6) is -5.80. The molecule has 0 aliphatic heterocycles. The van der Waals surface area contributed by atoms with E-state index in [1.165, 1.54) is 63.8 Å². The van der Waals surface area contributed by atoms with Crippen LogP contribution in [-0.4, -0.2) is 171 Å². The van der Waals surface area contributed by atoms with E-state index in [2.05, 4.69) is 112 Å². The van der Waals surface area contributed by atoms with Crippen molar-refractivity contribution in [1.29, 1.82) is 0 Å². The summed E-state index contributed by atoms with van der Waals surface area (Å²) in [5, 5.41) is 22.9. The number of hydrogen-bond donors (Lipinski definition) is 12. The molecule has 0 aliphatic carbocycles. The molecule has 2 unspecified atom stereocenters. The van der Waals surface area contributed by atoms with Crippen molar-refractivity contribution in [2.45, 2.75) is 104 Å². The first-order valence-electron chi connectivity index (χ1n) is 33.6. The van der Waals surface area contributed by atoms with Crippen molar-refractivity contribution < 1.29 is 89.0 Å². The molecule has 0 spiro atoms. The molecule has 0 aromatic carbocycles. The van der Waals surface area contributed by atoms with Crippen molar-refractivity contribution in [2.24, 2.45) is 5.92 Å². The quantitative estimate of drug-likeness (QED) is 0.0265. The highest BCUT2D eigenvalue weighted by Crippen LogP contribution is 2.34. The van der Waals surface area contributed by atoms with E-state index in [1.54, 1.807) is 70.7 Å². The highest BCUT2D eigenvalue weighted by Gasteiger charge is 2.37. The van der Waals surface area contributed by atoms with Crippen molar-refractivity contribution in [2.75, 3.05) is 54.1 Å². The number of nitrogens with zero attached hydrogens (tertiary/aromatic N) is 12. The molecule has 12 aromatic rings.